The Morgan fingerprint density at radius 3 is 2.73 bits per heavy atom. The van der Waals surface area contributed by atoms with Crippen LogP contribution in [-0.2, 0) is 11.2 Å². The summed E-state index contributed by atoms with van der Waals surface area (Å²) < 4.78 is 10.6. The summed E-state index contributed by atoms with van der Waals surface area (Å²) in [6.45, 7) is 4.49. The van der Waals surface area contributed by atoms with E-state index in [4.69, 9.17) is 9.15 Å². The Morgan fingerprint density at radius 1 is 1.36 bits per heavy atom. The minimum Gasteiger partial charge on any atom is -0.497 e. The second-order valence-electron chi connectivity index (χ2n) is 5.22. The van der Waals surface area contributed by atoms with E-state index >= 15 is 0 Å². The number of amides is 1. The van der Waals surface area contributed by atoms with Crippen LogP contribution in [0.15, 0.2) is 34.9 Å². The lowest BCUT2D eigenvalue weighted by atomic mass is 10.1. The highest BCUT2D eigenvalue weighted by Crippen LogP contribution is 2.21. The Hall–Kier alpha value is -2.30. The number of ether oxygens (including phenoxy) is 1. The monoisotopic (exact) mass is 302 g/mol. The number of hydrogen-bond donors (Lipinski definition) is 1. The zero-order chi connectivity index (χ0) is 15.9. The standard InChI is InChI=1S/C17H22N2O3/c1-4-12(2)16(20)18-10-9-14-11-22-17(19-14)13-5-7-15(21-3)8-6-13/h5-8,11-12H,4,9-10H2,1-3H3,(H,18,20)/t12-/m1/s1. The highest BCUT2D eigenvalue weighted by Gasteiger charge is 2.10. The van der Waals surface area contributed by atoms with E-state index in [9.17, 15) is 4.79 Å². The molecule has 2 aromatic rings. The maximum atomic E-state index is 11.7. The first-order chi connectivity index (χ1) is 10.6. The molecule has 0 bridgehead atoms. The molecule has 1 N–H and O–H groups in total. The highest BCUT2D eigenvalue weighted by molar-refractivity contribution is 5.78. The van der Waals surface area contributed by atoms with Gasteiger partial charge in [0.05, 0.1) is 12.8 Å². The fraction of sp³-hybridized carbons (Fsp3) is 0.412. The predicted molar refractivity (Wildman–Crippen MR) is 84.7 cm³/mol. The number of carbonyl (C=O) groups is 1. The quantitative estimate of drug-likeness (QED) is 0.853. The summed E-state index contributed by atoms with van der Waals surface area (Å²) in [4.78, 5) is 16.1. The van der Waals surface area contributed by atoms with Gasteiger partial charge in [-0.25, -0.2) is 4.98 Å². The first kappa shape index (κ1) is 16.1. The fourth-order valence-corrected chi connectivity index (χ4v) is 1.96. The van der Waals surface area contributed by atoms with Crippen LogP contribution in [-0.4, -0.2) is 24.5 Å². The average molecular weight is 302 g/mol. The van der Waals surface area contributed by atoms with Crippen LogP contribution in [0.25, 0.3) is 11.5 Å². The first-order valence-corrected chi connectivity index (χ1v) is 7.50. The topological polar surface area (TPSA) is 64.4 Å². The van der Waals surface area contributed by atoms with Crippen LogP contribution in [0, 0.1) is 5.92 Å². The summed E-state index contributed by atoms with van der Waals surface area (Å²) in [6.07, 6.45) is 3.13. The van der Waals surface area contributed by atoms with Crippen molar-refractivity contribution >= 4 is 5.91 Å². The summed E-state index contributed by atoms with van der Waals surface area (Å²) >= 11 is 0. The lowest BCUT2D eigenvalue weighted by Crippen LogP contribution is -2.30. The van der Waals surface area contributed by atoms with Gasteiger partial charge in [-0.15, -0.1) is 0 Å². The number of nitrogens with zero attached hydrogens (tertiary/aromatic N) is 1. The molecule has 118 valence electrons. The molecule has 0 unspecified atom stereocenters. The molecule has 0 aliphatic rings. The minimum atomic E-state index is 0.0483. The molecule has 2 rings (SSSR count). The first-order valence-electron chi connectivity index (χ1n) is 7.50. The number of nitrogens with one attached hydrogen (secondary N) is 1. The second-order valence-corrected chi connectivity index (χ2v) is 5.22. The van der Waals surface area contributed by atoms with E-state index in [-0.39, 0.29) is 11.8 Å². The van der Waals surface area contributed by atoms with E-state index in [1.165, 1.54) is 0 Å². The molecule has 0 aliphatic carbocycles. The van der Waals surface area contributed by atoms with Crippen molar-refractivity contribution in [2.75, 3.05) is 13.7 Å². The molecular weight excluding hydrogens is 280 g/mol. The summed E-state index contributed by atoms with van der Waals surface area (Å²) in [5.41, 5.74) is 1.73. The van der Waals surface area contributed by atoms with Crippen molar-refractivity contribution in [3.8, 4) is 17.2 Å². The van der Waals surface area contributed by atoms with E-state index < -0.39 is 0 Å². The second kappa shape index (κ2) is 7.64. The molecule has 0 fully saturated rings. The van der Waals surface area contributed by atoms with Gasteiger partial charge in [-0.3, -0.25) is 4.79 Å². The van der Waals surface area contributed by atoms with Gasteiger partial charge < -0.3 is 14.5 Å². The van der Waals surface area contributed by atoms with Crippen LogP contribution in [0.1, 0.15) is 26.0 Å². The molecule has 0 spiro atoms. The molecule has 1 heterocycles. The third-order valence-electron chi connectivity index (χ3n) is 3.63. The van der Waals surface area contributed by atoms with Gasteiger partial charge in [-0.05, 0) is 30.7 Å². The van der Waals surface area contributed by atoms with E-state index in [1.54, 1.807) is 13.4 Å². The molecule has 0 aliphatic heterocycles. The third-order valence-corrected chi connectivity index (χ3v) is 3.63. The molecule has 0 radical (unpaired) electrons. The molecule has 0 saturated heterocycles. The van der Waals surface area contributed by atoms with Gasteiger partial charge >= 0.3 is 0 Å². The van der Waals surface area contributed by atoms with Gasteiger partial charge in [0.25, 0.3) is 0 Å². The number of oxazole rings is 1. The maximum absolute atomic E-state index is 11.7. The van der Waals surface area contributed by atoms with Gasteiger partial charge in [0.2, 0.25) is 11.8 Å². The Labute approximate surface area is 130 Å². The van der Waals surface area contributed by atoms with E-state index in [2.05, 4.69) is 10.3 Å². The van der Waals surface area contributed by atoms with Crippen molar-refractivity contribution in [2.24, 2.45) is 5.92 Å². The summed E-state index contributed by atoms with van der Waals surface area (Å²) in [5, 5.41) is 2.91. The molecule has 1 atom stereocenters. The van der Waals surface area contributed by atoms with Crippen molar-refractivity contribution in [3.63, 3.8) is 0 Å². The van der Waals surface area contributed by atoms with Gasteiger partial charge in [-0.1, -0.05) is 13.8 Å². The molecule has 5 nitrogen and oxygen atoms in total. The number of benzene rings is 1. The summed E-state index contributed by atoms with van der Waals surface area (Å²) in [6, 6.07) is 7.54. The van der Waals surface area contributed by atoms with Crippen LogP contribution in [0.3, 0.4) is 0 Å². The number of carbonyl (C=O) groups excluding carboxylic acids is 1. The zero-order valence-electron chi connectivity index (χ0n) is 13.3. The van der Waals surface area contributed by atoms with Crippen LogP contribution in [0.2, 0.25) is 0 Å². The third kappa shape index (κ3) is 4.10. The smallest absolute Gasteiger partial charge is 0.226 e. The van der Waals surface area contributed by atoms with Crippen LogP contribution >= 0.6 is 0 Å². The largest absolute Gasteiger partial charge is 0.497 e. The van der Waals surface area contributed by atoms with Gasteiger partial charge in [0.1, 0.15) is 12.0 Å². The number of methoxy groups -OCH3 is 1. The molecular formula is C17H22N2O3. The average Bonchev–Trinajstić information content (AvgIpc) is 3.02. The van der Waals surface area contributed by atoms with Crippen LogP contribution < -0.4 is 10.1 Å². The summed E-state index contributed by atoms with van der Waals surface area (Å²) in [5.74, 6) is 1.50. The molecule has 1 aromatic carbocycles. The SMILES string of the molecule is CC[C@@H](C)C(=O)NCCc1coc(-c2ccc(OC)cc2)n1. The number of aromatic nitrogens is 1. The summed E-state index contributed by atoms with van der Waals surface area (Å²) in [7, 11) is 1.63. The lowest BCUT2D eigenvalue weighted by Gasteiger charge is -2.08. The Kier molecular flexibility index (Phi) is 5.58. The lowest BCUT2D eigenvalue weighted by molar-refractivity contribution is -0.124. The van der Waals surface area contributed by atoms with Gasteiger partial charge in [0, 0.05) is 24.4 Å². The Morgan fingerprint density at radius 2 is 2.09 bits per heavy atom. The highest BCUT2D eigenvalue weighted by atomic mass is 16.5. The molecule has 5 heteroatoms. The van der Waals surface area contributed by atoms with Crippen LogP contribution in [0.4, 0.5) is 0 Å². The normalized spacial score (nSPS) is 12.0. The van der Waals surface area contributed by atoms with Crippen LogP contribution in [0.5, 0.6) is 5.75 Å². The minimum absolute atomic E-state index is 0.0483. The number of hydrogen-bond acceptors (Lipinski definition) is 4. The van der Waals surface area contributed by atoms with E-state index in [1.807, 2.05) is 38.1 Å². The van der Waals surface area contributed by atoms with E-state index in [0.717, 1.165) is 23.4 Å². The molecule has 1 amide bonds. The van der Waals surface area contributed by atoms with Crippen molar-refractivity contribution in [3.05, 3.63) is 36.2 Å². The predicted octanol–water partition coefficient (Wildman–Crippen LogP) is 3.06. The van der Waals surface area contributed by atoms with Crippen molar-refractivity contribution in [2.45, 2.75) is 26.7 Å². The molecule has 1 aromatic heterocycles. The Balaban J connectivity index is 1.89. The Bertz CT molecular complexity index is 605. The molecule has 0 saturated carbocycles. The zero-order valence-corrected chi connectivity index (χ0v) is 13.3. The van der Waals surface area contributed by atoms with Crippen molar-refractivity contribution in [1.29, 1.82) is 0 Å². The van der Waals surface area contributed by atoms with Gasteiger partial charge in [0.15, 0.2) is 0 Å². The molecule has 22 heavy (non-hydrogen) atoms. The van der Waals surface area contributed by atoms with Gasteiger partial charge in [-0.2, -0.15) is 0 Å². The van der Waals surface area contributed by atoms with E-state index in [0.29, 0.717) is 18.9 Å². The number of rotatable bonds is 7. The fourth-order valence-electron chi connectivity index (χ4n) is 1.96. The maximum Gasteiger partial charge on any atom is 0.226 e. The van der Waals surface area contributed by atoms with Crippen molar-refractivity contribution < 1.29 is 13.9 Å². The van der Waals surface area contributed by atoms with Crippen molar-refractivity contribution in [1.82, 2.24) is 10.3 Å².